The number of hydrogen-bond acceptors (Lipinski definition) is 12. The number of ether oxygens (including phenoxy) is 1. The van der Waals surface area contributed by atoms with E-state index in [1.807, 2.05) is 46.8 Å². The molecule has 0 aromatic carbocycles. The van der Waals surface area contributed by atoms with Crippen LogP contribution < -0.4 is 11.1 Å². The van der Waals surface area contributed by atoms with E-state index >= 15 is 4.79 Å². The fraction of sp³-hybridized carbons (Fsp3) is 0.818. The summed E-state index contributed by atoms with van der Waals surface area (Å²) in [7, 11) is 10.5. The molecule has 0 spiro atoms. The number of nitrogens with two attached hydrogens (primary N) is 1. The van der Waals surface area contributed by atoms with E-state index in [1.54, 1.807) is 62.6 Å². The molecular formula is C55H103N9O10S. The summed E-state index contributed by atoms with van der Waals surface area (Å²) in [6.07, 6.45) is 4.20. The molecule has 0 rings (SSSR count). The molecule has 8 amide bonds. The van der Waals surface area contributed by atoms with Crippen LogP contribution in [0.25, 0.3) is 0 Å². The van der Waals surface area contributed by atoms with E-state index in [0.29, 0.717) is 25.0 Å². The van der Waals surface area contributed by atoms with Gasteiger partial charge in [0.25, 0.3) is 5.91 Å². The number of amides is 8. The summed E-state index contributed by atoms with van der Waals surface area (Å²) >= 11 is 1.24. The second kappa shape index (κ2) is 33.8. The van der Waals surface area contributed by atoms with Crippen LogP contribution in [0.5, 0.6) is 0 Å². The van der Waals surface area contributed by atoms with Crippen LogP contribution in [-0.2, 0) is 43.1 Å². The third kappa shape index (κ3) is 21.2. The van der Waals surface area contributed by atoms with Gasteiger partial charge in [-0.3, -0.25) is 38.4 Å². The third-order valence-corrected chi connectivity index (χ3v) is 15.7. The summed E-state index contributed by atoms with van der Waals surface area (Å²) in [6.45, 7) is 28.4. The van der Waals surface area contributed by atoms with E-state index < -0.39 is 107 Å². The Bertz CT molecular complexity index is 1860. The Morgan fingerprint density at radius 1 is 0.680 bits per heavy atom. The van der Waals surface area contributed by atoms with Crippen LogP contribution in [0.3, 0.4) is 0 Å². The Labute approximate surface area is 456 Å². The van der Waals surface area contributed by atoms with Gasteiger partial charge in [0.1, 0.15) is 36.3 Å². The number of carbonyl (C=O) groups is 8. The second-order valence-corrected chi connectivity index (χ2v) is 23.1. The van der Waals surface area contributed by atoms with Crippen molar-refractivity contribution < 1.29 is 48.2 Å². The molecule has 0 aromatic heterocycles. The number of likely N-dealkylation sites (N-methyl/N-ethyl adjacent to an activating group) is 6. The van der Waals surface area contributed by atoms with Gasteiger partial charge in [-0.1, -0.05) is 88.3 Å². The van der Waals surface area contributed by atoms with Crippen molar-refractivity contribution in [2.45, 2.75) is 195 Å². The Balaban J connectivity index is 7.43. The highest BCUT2D eigenvalue weighted by atomic mass is 32.2. The summed E-state index contributed by atoms with van der Waals surface area (Å²) < 4.78 is 5.57. The molecule has 0 heterocycles. The molecule has 4 N–H and O–H groups in total. The molecule has 75 heavy (non-hydrogen) atoms. The molecule has 0 unspecified atom stereocenters. The van der Waals surface area contributed by atoms with E-state index in [0.717, 1.165) is 24.5 Å². The molecule has 20 heteroatoms. The number of nitrogens with one attached hydrogen (secondary N) is 1. The maximum absolute atomic E-state index is 15.1. The monoisotopic (exact) mass is 1080 g/mol. The molecule has 19 nitrogen and oxygen atoms in total. The van der Waals surface area contributed by atoms with E-state index in [2.05, 4.69) is 24.1 Å². The lowest BCUT2D eigenvalue weighted by Gasteiger charge is -2.41. The minimum Gasteiger partial charge on any atom is -0.390 e. The Hall–Kier alpha value is -4.27. The van der Waals surface area contributed by atoms with Crippen molar-refractivity contribution in [3.8, 4) is 0 Å². The molecule has 0 aliphatic carbocycles. The number of rotatable bonds is 35. The molecule has 0 aliphatic heterocycles. The highest BCUT2D eigenvalue weighted by Crippen LogP contribution is 2.27. The predicted octanol–water partition coefficient (Wildman–Crippen LogP) is 4.69. The second-order valence-electron chi connectivity index (χ2n) is 22.0. The van der Waals surface area contributed by atoms with Gasteiger partial charge in [0, 0.05) is 62.2 Å². The number of nitrogens with zero attached hydrogens (tertiary/aromatic N) is 7. The maximum atomic E-state index is 15.1. The highest BCUT2D eigenvalue weighted by molar-refractivity contribution is 8.00. The first kappa shape index (κ1) is 70.7. The summed E-state index contributed by atoms with van der Waals surface area (Å²) in [5, 5.41) is 13.8. The quantitative estimate of drug-likeness (QED) is 0.0447. The number of aliphatic hydroxyl groups excluding tert-OH is 1. The lowest BCUT2D eigenvalue weighted by molar-refractivity contribution is -0.157. The topological polar surface area (TPSA) is 227 Å². The number of primary amides is 1. The minimum atomic E-state index is -1.56. The molecule has 9 atom stereocenters. The van der Waals surface area contributed by atoms with Crippen molar-refractivity contribution in [2.75, 3.05) is 74.8 Å². The van der Waals surface area contributed by atoms with Gasteiger partial charge in [0.15, 0.2) is 5.37 Å². The van der Waals surface area contributed by atoms with Crippen LogP contribution in [0, 0.1) is 23.7 Å². The molecule has 0 saturated carbocycles. The molecule has 0 saturated heterocycles. The number of aliphatic hydroxyl groups is 1. The van der Waals surface area contributed by atoms with Gasteiger partial charge in [0.05, 0.1) is 11.7 Å². The first-order valence-corrected chi connectivity index (χ1v) is 28.2. The van der Waals surface area contributed by atoms with Gasteiger partial charge in [-0.25, -0.2) is 0 Å². The van der Waals surface area contributed by atoms with Crippen molar-refractivity contribution in [1.82, 2.24) is 39.6 Å². The molecule has 0 fully saturated rings. The van der Waals surface area contributed by atoms with E-state index in [4.69, 9.17) is 10.5 Å². The Kier molecular flexibility index (Phi) is 31.9. The molecular weight excluding hydrogens is 979 g/mol. The number of allylic oxidation sites excluding steroid dienone is 2. The molecule has 0 aliphatic rings. The number of thioether (sulfide) groups is 1. The summed E-state index contributed by atoms with van der Waals surface area (Å²) in [5.74, 6) is -5.14. The minimum absolute atomic E-state index is 0.0551. The first-order valence-electron chi connectivity index (χ1n) is 27.2. The molecule has 0 aromatic rings. The Morgan fingerprint density at radius 2 is 1.17 bits per heavy atom. The van der Waals surface area contributed by atoms with Crippen LogP contribution in [0.15, 0.2) is 12.2 Å². The van der Waals surface area contributed by atoms with Crippen molar-refractivity contribution in [2.24, 2.45) is 29.4 Å². The average molecular weight is 1080 g/mol. The van der Waals surface area contributed by atoms with Crippen molar-refractivity contribution in [3.05, 3.63) is 12.2 Å². The maximum Gasteiger partial charge on any atom is 0.256 e. The zero-order valence-electron chi connectivity index (χ0n) is 50.1. The largest absolute Gasteiger partial charge is 0.390 e. The zero-order chi connectivity index (χ0) is 58.4. The van der Waals surface area contributed by atoms with E-state index in [9.17, 15) is 38.7 Å². The van der Waals surface area contributed by atoms with Crippen molar-refractivity contribution >= 4 is 59.0 Å². The normalized spacial score (nSPS) is 15.7. The molecule has 0 bridgehead atoms. The van der Waals surface area contributed by atoms with Gasteiger partial charge in [0.2, 0.25) is 41.4 Å². The van der Waals surface area contributed by atoms with Gasteiger partial charge >= 0.3 is 0 Å². The van der Waals surface area contributed by atoms with Gasteiger partial charge in [-0.05, 0) is 102 Å². The van der Waals surface area contributed by atoms with Crippen LogP contribution in [0.2, 0.25) is 0 Å². The first-order chi connectivity index (χ1) is 34.8. The van der Waals surface area contributed by atoms with Crippen molar-refractivity contribution in [3.63, 3.8) is 0 Å². The van der Waals surface area contributed by atoms with Crippen molar-refractivity contribution in [1.29, 1.82) is 0 Å². The molecule has 434 valence electrons. The zero-order valence-corrected chi connectivity index (χ0v) is 50.9. The smallest absolute Gasteiger partial charge is 0.256 e. The average Bonchev–Trinajstić information content (AvgIpc) is 3.35. The summed E-state index contributed by atoms with van der Waals surface area (Å²) in [4.78, 5) is 124. The van der Waals surface area contributed by atoms with Gasteiger partial charge in [-0.15, -0.1) is 11.8 Å². The third-order valence-electron chi connectivity index (χ3n) is 14.4. The van der Waals surface area contributed by atoms with Crippen LogP contribution in [0.4, 0.5) is 0 Å². The fourth-order valence-electron chi connectivity index (χ4n) is 9.17. The standard InChI is InChI=1S/C55H103N9O10S/c1-22-27-29-38(12)46(66)45(62(19)52(72)44(37(10)11)61(18)51(71)41(33-36(8)9)59(16)50(70)40(32-35(6)7)58(15)43(65)24-3)48(68)57-39(23-2)49(69)63(20)54(75-31-28-30-64(25-4)26-5)53(73)60(17)42(47(56)67)34-55(13,14)74-21/h22,27,35-42,44-46,54,66H,23-26,28-34H2,1-21H3,(H2,56,67)(H,57,68)/b27-22+/t38-,39+,40+,41+,42+,44+,45+,46-,54-/m1/s1. The van der Waals surface area contributed by atoms with E-state index in [-0.39, 0.29) is 43.4 Å². The fourth-order valence-corrected chi connectivity index (χ4v) is 10.3. The van der Waals surface area contributed by atoms with Crippen LogP contribution in [0.1, 0.15) is 142 Å². The SMILES string of the molecule is C/C=C/C[C@@H](C)[C@@H](O)[C@@H](C(=O)N[C@@H](CC)C(=O)N(C)[C@H](SCCCN(CC)CC)C(=O)N(C)[C@@H](CC(C)(C)OC)C(N)=O)N(C)C(=O)[C@H](C(C)C)N(C)C(=O)[C@H](CC(C)C)N(C)C(=O)[C@H](CC(C)C)N(C)C(=O)CC. The van der Waals surface area contributed by atoms with Crippen LogP contribution in [-0.4, -0.2) is 215 Å². The van der Waals surface area contributed by atoms with Gasteiger partial charge < -0.3 is 55.2 Å². The number of hydrogen-bond donors (Lipinski definition) is 3. The number of carbonyl (C=O) groups excluding carboxylic acids is 8. The van der Waals surface area contributed by atoms with E-state index in [1.165, 1.54) is 71.6 Å². The predicted molar refractivity (Wildman–Crippen MR) is 300 cm³/mol. The highest BCUT2D eigenvalue weighted by Gasteiger charge is 2.45. The lowest BCUT2D eigenvalue weighted by Crippen LogP contribution is -2.63. The summed E-state index contributed by atoms with van der Waals surface area (Å²) in [5.41, 5.74) is 5.05. The van der Waals surface area contributed by atoms with Crippen LogP contribution >= 0.6 is 11.8 Å². The lowest BCUT2D eigenvalue weighted by atomic mass is 9.91. The Morgan fingerprint density at radius 3 is 1.61 bits per heavy atom. The summed E-state index contributed by atoms with van der Waals surface area (Å²) in [6, 6.07) is -6.89. The number of methoxy groups -OCH3 is 1. The molecule has 0 radical (unpaired) electrons. The van der Waals surface area contributed by atoms with Gasteiger partial charge in [-0.2, -0.15) is 0 Å².